The summed E-state index contributed by atoms with van der Waals surface area (Å²) in [5.74, 6) is -0.290. The Hall–Kier alpha value is -1.96. The molecule has 0 fully saturated rings. The largest absolute Gasteiger partial charge is 0.323 e. The zero-order valence-electron chi connectivity index (χ0n) is 10.3. The van der Waals surface area contributed by atoms with E-state index < -0.39 is 10.0 Å². The molecule has 0 atom stereocenters. The molecule has 0 aliphatic rings. The molecule has 0 unspecified atom stereocenters. The number of thiophene rings is 1. The Balaban J connectivity index is 2.01. The first-order chi connectivity index (χ1) is 9.45. The topological polar surface area (TPSA) is 89.3 Å². The molecule has 1 aromatic heterocycles. The van der Waals surface area contributed by atoms with E-state index in [9.17, 15) is 13.2 Å². The quantitative estimate of drug-likeness (QED) is 0.847. The molecular formula is C13H12N2O3S2. The van der Waals surface area contributed by atoms with Crippen molar-refractivity contribution >= 4 is 39.0 Å². The van der Waals surface area contributed by atoms with Crippen LogP contribution >= 0.6 is 11.3 Å². The van der Waals surface area contributed by atoms with Gasteiger partial charge in [-0.2, -0.15) is 0 Å². The molecule has 2 rings (SSSR count). The van der Waals surface area contributed by atoms with Gasteiger partial charge in [-0.25, -0.2) is 13.6 Å². The molecule has 0 aliphatic heterocycles. The molecule has 0 saturated carbocycles. The minimum Gasteiger partial charge on any atom is -0.323 e. The molecule has 7 heteroatoms. The third-order valence-electron chi connectivity index (χ3n) is 2.39. The normalized spacial score (nSPS) is 11.7. The molecule has 1 amide bonds. The number of benzene rings is 1. The molecule has 104 valence electrons. The Labute approximate surface area is 120 Å². The van der Waals surface area contributed by atoms with Gasteiger partial charge in [0, 0.05) is 16.6 Å². The second-order valence-corrected chi connectivity index (χ2v) is 6.45. The lowest BCUT2D eigenvalue weighted by Crippen LogP contribution is -2.12. The highest BCUT2D eigenvalue weighted by molar-refractivity contribution is 7.89. The van der Waals surface area contributed by atoms with Gasteiger partial charge >= 0.3 is 0 Å². The summed E-state index contributed by atoms with van der Waals surface area (Å²) in [5, 5.41) is 9.53. The zero-order chi connectivity index (χ0) is 14.6. The Bertz CT molecular complexity index is 717. The summed E-state index contributed by atoms with van der Waals surface area (Å²) in [7, 11) is -3.71. The average Bonchev–Trinajstić information content (AvgIpc) is 2.89. The number of hydrogen-bond donors (Lipinski definition) is 2. The SMILES string of the molecule is NS(=O)(=O)c1ccc(NC(=O)/C=C\c2cccs2)cc1. The van der Waals surface area contributed by atoms with Gasteiger partial charge in [0.1, 0.15) is 0 Å². The van der Waals surface area contributed by atoms with Crippen molar-refractivity contribution in [3.05, 3.63) is 52.7 Å². The molecule has 3 N–H and O–H groups in total. The maximum atomic E-state index is 11.7. The first kappa shape index (κ1) is 14.4. The number of primary sulfonamides is 1. The van der Waals surface area contributed by atoms with Crippen LogP contribution in [0.3, 0.4) is 0 Å². The van der Waals surface area contributed by atoms with Gasteiger partial charge in [-0.15, -0.1) is 11.3 Å². The lowest BCUT2D eigenvalue weighted by atomic mass is 10.3. The van der Waals surface area contributed by atoms with Crippen LogP contribution in [-0.4, -0.2) is 14.3 Å². The fourth-order valence-corrected chi connectivity index (χ4v) is 2.59. The fraction of sp³-hybridized carbons (Fsp3) is 0. The van der Waals surface area contributed by atoms with E-state index in [1.54, 1.807) is 6.08 Å². The summed E-state index contributed by atoms with van der Waals surface area (Å²) in [6.07, 6.45) is 3.12. The number of carbonyl (C=O) groups excluding carboxylic acids is 1. The molecule has 20 heavy (non-hydrogen) atoms. The Kier molecular flexibility index (Phi) is 4.33. The van der Waals surface area contributed by atoms with Gasteiger partial charge in [0.25, 0.3) is 0 Å². The zero-order valence-corrected chi connectivity index (χ0v) is 11.9. The second-order valence-electron chi connectivity index (χ2n) is 3.91. The molecular weight excluding hydrogens is 296 g/mol. The smallest absolute Gasteiger partial charge is 0.248 e. The monoisotopic (exact) mass is 308 g/mol. The van der Waals surface area contributed by atoms with E-state index in [-0.39, 0.29) is 10.8 Å². The number of rotatable bonds is 4. The average molecular weight is 308 g/mol. The van der Waals surface area contributed by atoms with E-state index in [1.165, 1.54) is 41.7 Å². The third-order valence-corrected chi connectivity index (χ3v) is 4.16. The van der Waals surface area contributed by atoms with Gasteiger partial charge in [-0.1, -0.05) is 6.07 Å². The van der Waals surface area contributed by atoms with Crippen molar-refractivity contribution < 1.29 is 13.2 Å². The molecule has 1 aromatic carbocycles. The summed E-state index contributed by atoms with van der Waals surface area (Å²) in [5.41, 5.74) is 0.498. The summed E-state index contributed by atoms with van der Waals surface area (Å²) in [4.78, 5) is 12.6. The molecule has 0 spiro atoms. The maximum absolute atomic E-state index is 11.7. The van der Waals surface area contributed by atoms with Crippen molar-refractivity contribution in [1.29, 1.82) is 0 Å². The Morgan fingerprint density at radius 1 is 1.20 bits per heavy atom. The molecule has 0 aliphatic carbocycles. The van der Waals surface area contributed by atoms with Crippen molar-refractivity contribution in [3.8, 4) is 0 Å². The van der Waals surface area contributed by atoms with Crippen LogP contribution in [0.4, 0.5) is 5.69 Å². The van der Waals surface area contributed by atoms with E-state index in [4.69, 9.17) is 5.14 Å². The lowest BCUT2D eigenvalue weighted by molar-refractivity contribution is -0.111. The molecule has 1 heterocycles. The number of sulfonamides is 1. The predicted molar refractivity (Wildman–Crippen MR) is 79.8 cm³/mol. The Morgan fingerprint density at radius 3 is 2.45 bits per heavy atom. The van der Waals surface area contributed by atoms with E-state index in [1.807, 2.05) is 17.5 Å². The summed E-state index contributed by atoms with van der Waals surface area (Å²) in [6.45, 7) is 0. The van der Waals surface area contributed by atoms with Gasteiger partial charge in [-0.3, -0.25) is 4.79 Å². The minimum absolute atomic E-state index is 0.00428. The van der Waals surface area contributed by atoms with Crippen LogP contribution in [0.15, 0.2) is 52.7 Å². The maximum Gasteiger partial charge on any atom is 0.248 e. The first-order valence-corrected chi connectivity index (χ1v) is 8.03. The van der Waals surface area contributed by atoms with Crippen LogP contribution in [0.1, 0.15) is 4.88 Å². The predicted octanol–water partition coefficient (Wildman–Crippen LogP) is 2.05. The van der Waals surface area contributed by atoms with E-state index in [0.29, 0.717) is 5.69 Å². The highest BCUT2D eigenvalue weighted by Gasteiger charge is 2.07. The van der Waals surface area contributed by atoms with Crippen molar-refractivity contribution in [2.75, 3.05) is 5.32 Å². The van der Waals surface area contributed by atoms with Crippen LogP contribution in [-0.2, 0) is 14.8 Å². The van der Waals surface area contributed by atoms with Gasteiger partial charge in [0.05, 0.1) is 4.90 Å². The Morgan fingerprint density at radius 2 is 1.90 bits per heavy atom. The van der Waals surface area contributed by atoms with Crippen LogP contribution in [0.5, 0.6) is 0 Å². The van der Waals surface area contributed by atoms with Gasteiger partial charge < -0.3 is 5.32 Å². The number of nitrogens with two attached hydrogens (primary N) is 1. The van der Waals surface area contributed by atoms with Gasteiger partial charge in [-0.05, 0) is 41.8 Å². The van der Waals surface area contributed by atoms with Gasteiger partial charge in [0.15, 0.2) is 0 Å². The van der Waals surface area contributed by atoms with Crippen LogP contribution in [0.2, 0.25) is 0 Å². The molecule has 0 saturated heterocycles. The van der Waals surface area contributed by atoms with Crippen LogP contribution in [0.25, 0.3) is 6.08 Å². The lowest BCUT2D eigenvalue weighted by Gasteiger charge is -2.03. The highest BCUT2D eigenvalue weighted by atomic mass is 32.2. The summed E-state index contributed by atoms with van der Waals surface area (Å²) >= 11 is 1.53. The summed E-state index contributed by atoms with van der Waals surface area (Å²) < 4.78 is 22.2. The minimum atomic E-state index is -3.71. The van der Waals surface area contributed by atoms with Crippen molar-refractivity contribution in [2.24, 2.45) is 5.14 Å². The van der Waals surface area contributed by atoms with Crippen LogP contribution < -0.4 is 10.5 Å². The number of carbonyl (C=O) groups is 1. The molecule has 5 nitrogen and oxygen atoms in total. The standard InChI is InChI=1S/C13H12N2O3S2/c14-20(17,18)12-6-3-10(4-7-12)15-13(16)8-5-11-2-1-9-19-11/h1-9H,(H,15,16)(H2,14,17,18)/b8-5-. The van der Waals surface area contributed by atoms with E-state index in [2.05, 4.69) is 5.32 Å². The highest BCUT2D eigenvalue weighted by Crippen LogP contribution is 2.13. The second kappa shape index (κ2) is 6.00. The molecule has 0 radical (unpaired) electrons. The van der Waals surface area contributed by atoms with Crippen molar-refractivity contribution in [3.63, 3.8) is 0 Å². The van der Waals surface area contributed by atoms with E-state index >= 15 is 0 Å². The first-order valence-electron chi connectivity index (χ1n) is 5.60. The number of anilines is 1. The van der Waals surface area contributed by atoms with Crippen molar-refractivity contribution in [2.45, 2.75) is 4.90 Å². The van der Waals surface area contributed by atoms with E-state index in [0.717, 1.165) is 4.88 Å². The van der Waals surface area contributed by atoms with Crippen LogP contribution in [0, 0.1) is 0 Å². The van der Waals surface area contributed by atoms with Crippen molar-refractivity contribution in [1.82, 2.24) is 0 Å². The van der Waals surface area contributed by atoms with Gasteiger partial charge in [0.2, 0.25) is 15.9 Å². The molecule has 2 aromatic rings. The summed E-state index contributed by atoms with van der Waals surface area (Å²) in [6, 6.07) is 9.44. The third kappa shape index (κ3) is 4.02. The number of hydrogen-bond acceptors (Lipinski definition) is 4. The molecule has 0 bridgehead atoms. The fourth-order valence-electron chi connectivity index (χ4n) is 1.46. The number of nitrogens with one attached hydrogen (secondary N) is 1. The number of amides is 1.